The SMILES string of the molecule is C=CC(C)(C)c1cc(C=CC(=O)c2ccc(O)cc2)c(OCCC)c(C(C)(C)C=C)c1O. The molecule has 0 aliphatic heterocycles. The number of allylic oxidation sites excluding steroid dienone is 3. The molecule has 0 aromatic heterocycles. The smallest absolute Gasteiger partial charge is 0.185 e. The fraction of sp³-hybridized carbons (Fsp3) is 0.321. The van der Waals surface area contributed by atoms with E-state index in [9.17, 15) is 15.0 Å². The van der Waals surface area contributed by atoms with Crippen molar-refractivity contribution >= 4 is 11.9 Å². The highest BCUT2D eigenvalue weighted by atomic mass is 16.5. The Kier molecular flexibility index (Phi) is 7.73. The summed E-state index contributed by atoms with van der Waals surface area (Å²) in [5.41, 5.74) is 1.39. The van der Waals surface area contributed by atoms with Crippen LogP contribution in [0.2, 0.25) is 0 Å². The predicted molar refractivity (Wildman–Crippen MR) is 132 cm³/mol. The largest absolute Gasteiger partial charge is 0.508 e. The van der Waals surface area contributed by atoms with Crippen LogP contribution in [0.3, 0.4) is 0 Å². The van der Waals surface area contributed by atoms with Crippen LogP contribution in [0.15, 0.2) is 61.7 Å². The van der Waals surface area contributed by atoms with E-state index >= 15 is 0 Å². The number of ether oxygens (including phenoxy) is 1. The number of benzene rings is 2. The molecule has 4 heteroatoms. The lowest BCUT2D eigenvalue weighted by molar-refractivity contribution is 0.104. The van der Waals surface area contributed by atoms with Crippen LogP contribution in [0.1, 0.15) is 68.1 Å². The van der Waals surface area contributed by atoms with E-state index in [0.717, 1.165) is 6.42 Å². The first-order valence-corrected chi connectivity index (χ1v) is 10.8. The molecule has 0 bridgehead atoms. The van der Waals surface area contributed by atoms with E-state index in [0.29, 0.717) is 34.6 Å². The molecule has 2 aromatic rings. The molecular formula is C28H34O4. The quantitative estimate of drug-likeness (QED) is 0.248. The van der Waals surface area contributed by atoms with Crippen LogP contribution in [0, 0.1) is 0 Å². The van der Waals surface area contributed by atoms with Crippen molar-refractivity contribution in [1.29, 1.82) is 0 Å². The highest BCUT2D eigenvalue weighted by Gasteiger charge is 2.32. The topological polar surface area (TPSA) is 66.8 Å². The molecule has 0 atom stereocenters. The molecule has 0 spiro atoms. The number of carbonyl (C=O) groups is 1. The second-order valence-electron chi connectivity index (χ2n) is 9.01. The van der Waals surface area contributed by atoms with Gasteiger partial charge in [0.25, 0.3) is 0 Å². The Morgan fingerprint density at radius 2 is 1.62 bits per heavy atom. The number of phenolic OH excluding ortho intramolecular Hbond substituents is 2. The van der Waals surface area contributed by atoms with Crippen molar-refractivity contribution in [2.24, 2.45) is 0 Å². The van der Waals surface area contributed by atoms with Crippen molar-refractivity contribution in [3.63, 3.8) is 0 Å². The summed E-state index contributed by atoms with van der Waals surface area (Å²) in [5, 5.41) is 20.8. The zero-order valence-corrected chi connectivity index (χ0v) is 19.7. The number of hydrogen-bond donors (Lipinski definition) is 2. The van der Waals surface area contributed by atoms with Crippen LogP contribution < -0.4 is 4.74 Å². The highest BCUT2D eigenvalue weighted by molar-refractivity contribution is 6.07. The van der Waals surface area contributed by atoms with Gasteiger partial charge in [0.05, 0.1) is 6.61 Å². The van der Waals surface area contributed by atoms with Crippen LogP contribution in [-0.2, 0) is 10.8 Å². The van der Waals surface area contributed by atoms with E-state index < -0.39 is 10.8 Å². The van der Waals surface area contributed by atoms with Crippen molar-refractivity contribution in [3.05, 3.63) is 84.0 Å². The monoisotopic (exact) mass is 434 g/mol. The minimum Gasteiger partial charge on any atom is -0.508 e. The third-order valence-electron chi connectivity index (χ3n) is 5.66. The maximum atomic E-state index is 12.7. The van der Waals surface area contributed by atoms with Crippen LogP contribution in [0.4, 0.5) is 0 Å². The average Bonchev–Trinajstić information content (AvgIpc) is 2.76. The Morgan fingerprint density at radius 3 is 2.16 bits per heavy atom. The van der Waals surface area contributed by atoms with Gasteiger partial charge in [-0.15, -0.1) is 13.2 Å². The van der Waals surface area contributed by atoms with Crippen molar-refractivity contribution in [3.8, 4) is 17.2 Å². The first-order valence-electron chi connectivity index (χ1n) is 10.8. The van der Waals surface area contributed by atoms with E-state index in [1.165, 1.54) is 18.2 Å². The molecule has 2 rings (SSSR count). The number of carbonyl (C=O) groups excluding carboxylic acids is 1. The fourth-order valence-corrected chi connectivity index (χ4v) is 3.35. The Balaban J connectivity index is 2.75. The predicted octanol–water partition coefficient (Wildman–Crippen LogP) is 6.71. The molecule has 170 valence electrons. The van der Waals surface area contributed by atoms with Crippen molar-refractivity contribution in [1.82, 2.24) is 0 Å². The van der Waals surface area contributed by atoms with Gasteiger partial charge in [0, 0.05) is 33.1 Å². The van der Waals surface area contributed by atoms with E-state index in [2.05, 4.69) is 13.2 Å². The average molecular weight is 435 g/mol. The molecule has 0 radical (unpaired) electrons. The molecule has 0 unspecified atom stereocenters. The molecular weight excluding hydrogens is 400 g/mol. The summed E-state index contributed by atoms with van der Waals surface area (Å²) in [6, 6.07) is 7.96. The number of hydrogen-bond acceptors (Lipinski definition) is 4. The molecule has 0 aliphatic carbocycles. The Morgan fingerprint density at radius 1 is 1.03 bits per heavy atom. The van der Waals surface area contributed by atoms with Gasteiger partial charge in [0.1, 0.15) is 17.2 Å². The first kappa shape index (κ1) is 25.0. The number of aromatic hydroxyl groups is 2. The molecule has 0 amide bonds. The molecule has 2 aromatic carbocycles. The zero-order valence-electron chi connectivity index (χ0n) is 19.7. The summed E-state index contributed by atoms with van der Waals surface area (Å²) >= 11 is 0. The van der Waals surface area contributed by atoms with Gasteiger partial charge in [0.2, 0.25) is 0 Å². The van der Waals surface area contributed by atoms with Gasteiger partial charge in [-0.05, 0) is 48.9 Å². The summed E-state index contributed by atoms with van der Waals surface area (Å²) in [5.74, 6) is 0.584. The standard InChI is InChI=1S/C28H34O4/c1-8-17-32-26-20(13-16-23(30)19-11-14-21(29)15-12-19)18-22(27(4,5)9-2)25(31)24(26)28(6,7)10-3/h9-16,18,29,31H,2-3,8,17H2,1,4-7H3. The van der Waals surface area contributed by atoms with Gasteiger partial charge in [0.15, 0.2) is 5.78 Å². The lowest BCUT2D eigenvalue weighted by Gasteiger charge is -2.31. The molecule has 0 saturated carbocycles. The molecule has 4 nitrogen and oxygen atoms in total. The molecule has 0 heterocycles. The number of rotatable bonds is 10. The van der Waals surface area contributed by atoms with Crippen LogP contribution in [0.25, 0.3) is 6.08 Å². The second kappa shape index (κ2) is 9.90. The Labute approximate surface area is 191 Å². The van der Waals surface area contributed by atoms with Gasteiger partial charge in [-0.1, -0.05) is 46.8 Å². The van der Waals surface area contributed by atoms with Crippen LogP contribution in [0.5, 0.6) is 17.2 Å². The van der Waals surface area contributed by atoms with E-state index in [-0.39, 0.29) is 17.3 Å². The van der Waals surface area contributed by atoms with Crippen LogP contribution >= 0.6 is 0 Å². The summed E-state index contributed by atoms with van der Waals surface area (Å²) < 4.78 is 6.11. The summed E-state index contributed by atoms with van der Waals surface area (Å²) in [7, 11) is 0. The maximum absolute atomic E-state index is 12.7. The van der Waals surface area contributed by atoms with Gasteiger partial charge in [-0.25, -0.2) is 0 Å². The van der Waals surface area contributed by atoms with Gasteiger partial charge in [-0.3, -0.25) is 4.79 Å². The van der Waals surface area contributed by atoms with Gasteiger partial charge in [-0.2, -0.15) is 0 Å². The van der Waals surface area contributed by atoms with Gasteiger partial charge < -0.3 is 14.9 Å². The second-order valence-corrected chi connectivity index (χ2v) is 9.01. The Hall–Kier alpha value is -3.27. The summed E-state index contributed by atoms with van der Waals surface area (Å²) in [4.78, 5) is 12.7. The fourth-order valence-electron chi connectivity index (χ4n) is 3.35. The van der Waals surface area contributed by atoms with E-state index in [1.807, 2.05) is 40.7 Å². The number of phenols is 2. The highest BCUT2D eigenvalue weighted by Crippen LogP contribution is 2.47. The molecule has 0 saturated heterocycles. The van der Waals surface area contributed by atoms with Crippen molar-refractivity contribution in [2.75, 3.05) is 6.61 Å². The molecule has 32 heavy (non-hydrogen) atoms. The van der Waals surface area contributed by atoms with Crippen molar-refractivity contribution in [2.45, 2.75) is 51.9 Å². The third-order valence-corrected chi connectivity index (χ3v) is 5.66. The first-order chi connectivity index (χ1) is 15.0. The minimum absolute atomic E-state index is 0.104. The Bertz CT molecular complexity index is 1020. The molecule has 0 aliphatic rings. The summed E-state index contributed by atoms with van der Waals surface area (Å²) in [6.07, 6.45) is 7.55. The lowest BCUT2D eigenvalue weighted by atomic mass is 9.76. The zero-order chi connectivity index (χ0) is 24.1. The maximum Gasteiger partial charge on any atom is 0.185 e. The minimum atomic E-state index is -0.579. The van der Waals surface area contributed by atoms with Gasteiger partial charge >= 0.3 is 0 Å². The van der Waals surface area contributed by atoms with Crippen molar-refractivity contribution < 1.29 is 19.7 Å². The third kappa shape index (κ3) is 5.31. The molecule has 0 fully saturated rings. The summed E-state index contributed by atoms with van der Waals surface area (Å²) in [6.45, 7) is 18.2. The van der Waals surface area contributed by atoms with Crippen LogP contribution in [-0.4, -0.2) is 22.6 Å². The molecule has 2 N–H and O–H groups in total. The van der Waals surface area contributed by atoms with E-state index in [4.69, 9.17) is 4.74 Å². The normalized spacial score (nSPS) is 12.0. The lowest BCUT2D eigenvalue weighted by Crippen LogP contribution is -2.21. The number of ketones is 1. The van der Waals surface area contributed by atoms with E-state index in [1.54, 1.807) is 30.4 Å².